The van der Waals surface area contributed by atoms with Gasteiger partial charge in [-0.05, 0) is 34.5 Å². The van der Waals surface area contributed by atoms with Crippen molar-refractivity contribution < 1.29 is 13.2 Å². The number of rotatable bonds is 4. The Hall–Kier alpha value is -1.80. The number of carbonyl (C=O) groups excluding carboxylic acids is 1. The predicted octanol–water partition coefficient (Wildman–Crippen LogP) is 2.59. The summed E-state index contributed by atoms with van der Waals surface area (Å²) in [5, 5.41) is 2.36. The summed E-state index contributed by atoms with van der Waals surface area (Å²) in [7, 11) is -3.58. The van der Waals surface area contributed by atoms with E-state index in [4.69, 9.17) is 0 Å². The average molecular weight is 384 g/mol. The molecule has 0 atom stereocenters. The Morgan fingerprint density at radius 1 is 1.32 bits per heavy atom. The number of nitrogens with zero attached hydrogens (tertiary/aromatic N) is 2. The largest absolute Gasteiger partial charge is 0.320 e. The van der Waals surface area contributed by atoms with Gasteiger partial charge in [-0.2, -0.15) is 0 Å². The number of nitrogens with one attached hydrogen (secondary N) is 1. The van der Waals surface area contributed by atoms with E-state index in [-0.39, 0.29) is 16.6 Å². The van der Waals surface area contributed by atoms with Crippen molar-refractivity contribution >= 4 is 37.4 Å². The van der Waals surface area contributed by atoms with Gasteiger partial charge in [0.05, 0.1) is 10.2 Å². The monoisotopic (exact) mass is 383 g/mol. The van der Waals surface area contributed by atoms with Gasteiger partial charge in [0.15, 0.2) is 0 Å². The van der Waals surface area contributed by atoms with Crippen molar-refractivity contribution in [1.82, 2.24) is 9.97 Å². The van der Waals surface area contributed by atoms with Gasteiger partial charge in [0.25, 0.3) is 5.91 Å². The van der Waals surface area contributed by atoms with Crippen LogP contribution in [-0.4, -0.2) is 30.0 Å². The number of carbonyl (C=O) groups is 1. The van der Waals surface area contributed by atoms with Gasteiger partial charge in [0.1, 0.15) is 5.69 Å². The molecule has 1 N–H and O–H groups in total. The van der Waals surface area contributed by atoms with E-state index in [9.17, 15) is 13.2 Å². The number of halogens is 1. The van der Waals surface area contributed by atoms with E-state index in [1.807, 2.05) is 19.1 Å². The number of hydrogen-bond acceptors (Lipinski definition) is 5. The first-order valence-corrected chi connectivity index (χ1v) is 8.92. The molecule has 0 bridgehead atoms. The van der Waals surface area contributed by atoms with E-state index in [1.165, 1.54) is 13.1 Å². The van der Waals surface area contributed by atoms with E-state index < -0.39 is 15.7 Å². The zero-order valence-electron chi connectivity index (χ0n) is 12.0. The summed E-state index contributed by atoms with van der Waals surface area (Å²) in [6, 6.07) is 7.27. The van der Waals surface area contributed by atoms with E-state index in [0.717, 1.165) is 5.56 Å². The Morgan fingerprint density at radius 3 is 2.64 bits per heavy atom. The van der Waals surface area contributed by atoms with Crippen LogP contribution in [0, 0.1) is 6.92 Å². The molecule has 0 radical (unpaired) electrons. The SMILES string of the molecule is CCS(=O)(=O)c1ncc(Br)c(C(=O)Nc2ccccc2C)n1. The highest BCUT2D eigenvalue weighted by Gasteiger charge is 2.21. The summed E-state index contributed by atoms with van der Waals surface area (Å²) >= 11 is 3.17. The molecule has 1 aromatic heterocycles. The number of amides is 1. The Bertz CT molecular complexity index is 822. The van der Waals surface area contributed by atoms with Crippen LogP contribution >= 0.6 is 15.9 Å². The zero-order chi connectivity index (χ0) is 16.3. The molecule has 116 valence electrons. The molecule has 0 fully saturated rings. The van der Waals surface area contributed by atoms with E-state index in [1.54, 1.807) is 12.1 Å². The summed E-state index contributed by atoms with van der Waals surface area (Å²) in [6.45, 7) is 3.35. The number of sulfone groups is 1. The highest BCUT2D eigenvalue weighted by Crippen LogP contribution is 2.19. The predicted molar refractivity (Wildman–Crippen MR) is 86.6 cm³/mol. The number of benzene rings is 1. The first-order valence-electron chi connectivity index (χ1n) is 6.47. The summed E-state index contributed by atoms with van der Waals surface area (Å²) in [5.74, 6) is -0.635. The van der Waals surface area contributed by atoms with Crippen LogP contribution in [0.5, 0.6) is 0 Å². The molecule has 0 saturated carbocycles. The minimum atomic E-state index is -3.58. The second-order valence-corrected chi connectivity index (χ2v) is 7.55. The lowest BCUT2D eigenvalue weighted by molar-refractivity contribution is 0.102. The summed E-state index contributed by atoms with van der Waals surface area (Å²) in [5.41, 5.74) is 1.51. The summed E-state index contributed by atoms with van der Waals surface area (Å²) in [4.78, 5) is 20.0. The maximum Gasteiger partial charge on any atom is 0.275 e. The molecular formula is C14H14BrN3O3S. The number of para-hydroxylation sites is 1. The van der Waals surface area contributed by atoms with Gasteiger partial charge in [-0.3, -0.25) is 4.79 Å². The minimum absolute atomic E-state index is 0.0229. The third-order valence-electron chi connectivity index (χ3n) is 2.99. The van der Waals surface area contributed by atoms with Crippen LogP contribution < -0.4 is 5.32 Å². The maximum absolute atomic E-state index is 12.3. The molecule has 1 heterocycles. The van der Waals surface area contributed by atoms with Crippen molar-refractivity contribution in [3.05, 3.63) is 46.2 Å². The van der Waals surface area contributed by atoms with Crippen LogP contribution in [0.15, 0.2) is 40.1 Å². The molecule has 0 aliphatic carbocycles. The maximum atomic E-state index is 12.3. The van der Waals surface area contributed by atoms with Gasteiger partial charge in [-0.15, -0.1) is 0 Å². The Kier molecular flexibility index (Phi) is 4.92. The molecular weight excluding hydrogens is 370 g/mol. The molecule has 1 aromatic carbocycles. The second-order valence-electron chi connectivity index (χ2n) is 4.52. The topological polar surface area (TPSA) is 89.0 Å². The van der Waals surface area contributed by atoms with Crippen LogP contribution in [0.3, 0.4) is 0 Å². The van der Waals surface area contributed by atoms with Crippen molar-refractivity contribution in [3.63, 3.8) is 0 Å². The molecule has 0 unspecified atom stereocenters. The summed E-state index contributed by atoms with van der Waals surface area (Å²) in [6.07, 6.45) is 1.27. The second kappa shape index (κ2) is 6.53. The van der Waals surface area contributed by atoms with E-state index in [0.29, 0.717) is 10.2 Å². The van der Waals surface area contributed by atoms with Crippen molar-refractivity contribution in [2.75, 3.05) is 11.1 Å². The van der Waals surface area contributed by atoms with Crippen LogP contribution in [0.1, 0.15) is 23.0 Å². The van der Waals surface area contributed by atoms with E-state index >= 15 is 0 Å². The highest BCUT2D eigenvalue weighted by atomic mass is 79.9. The van der Waals surface area contributed by atoms with Crippen LogP contribution in [0.4, 0.5) is 5.69 Å². The van der Waals surface area contributed by atoms with Gasteiger partial charge in [0, 0.05) is 11.9 Å². The number of anilines is 1. The molecule has 2 rings (SSSR count). The standard InChI is InChI=1S/C14H14BrN3O3S/c1-3-22(20,21)14-16-8-10(15)12(18-14)13(19)17-11-7-5-4-6-9(11)2/h4-8H,3H2,1-2H3,(H,17,19). The number of aromatic nitrogens is 2. The molecule has 8 heteroatoms. The summed E-state index contributed by atoms with van der Waals surface area (Å²) < 4.78 is 24.0. The number of hydrogen-bond donors (Lipinski definition) is 1. The fourth-order valence-corrected chi connectivity index (χ4v) is 2.76. The van der Waals surface area contributed by atoms with E-state index in [2.05, 4.69) is 31.2 Å². The normalized spacial score (nSPS) is 11.2. The third-order valence-corrected chi connectivity index (χ3v) is 5.08. The minimum Gasteiger partial charge on any atom is -0.320 e. The van der Waals surface area contributed by atoms with Crippen molar-refractivity contribution in [1.29, 1.82) is 0 Å². The van der Waals surface area contributed by atoms with Crippen LogP contribution in [0.25, 0.3) is 0 Å². The van der Waals surface area contributed by atoms with Gasteiger partial charge in [0.2, 0.25) is 15.0 Å². The van der Waals surface area contributed by atoms with Crippen molar-refractivity contribution in [2.24, 2.45) is 0 Å². The fraction of sp³-hybridized carbons (Fsp3) is 0.214. The first-order chi connectivity index (χ1) is 10.3. The first kappa shape index (κ1) is 16.6. The molecule has 0 saturated heterocycles. The molecule has 0 aliphatic rings. The molecule has 2 aromatic rings. The third kappa shape index (κ3) is 3.50. The Balaban J connectivity index is 2.38. The number of aryl methyl sites for hydroxylation is 1. The lowest BCUT2D eigenvalue weighted by atomic mass is 10.2. The Morgan fingerprint density at radius 2 is 2.00 bits per heavy atom. The van der Waals surface area contributed by atoms with Crippen molar-refractivity contribution in [2.45, 2.75) is 19.0 Å². The van der Waals surface area contributed by atoms with Gasteiger partial charge >= 0.3 is 0 Å². The molecule has 0 spiro atoms. The molecule has 1 amide bonds. The van der Waals surface area contributed by atoms with Gasteiger partial charge in [-0.25, -0.2) is 18.4 Å². The quantitative estimate of drug-likeness (QED) is 0.819. The Labute approximate surface area is 137 Å². The fourth-order valence-electron chi connectivity index (χ4n) is 1.68. The smallest absolute Gasteiger partial charge is 0.275 e. The lowest BCUT2D eigenvalue weighted by Gasteiger charge is -2.09. The molecule has 0 aliphatic heterocycles. The van der Waals surface area contributed by atoms with Gasteiger partial charge in [-0.1, -0.05) is 25.1 Å². The highest BCUT2D eigenvalue weighted by molar-refractivity contribution is 9.10. The van der Waals surface area contributed by atoms with Crippen LogP contribution in [0.2, 0.25) is 0 Å². The molecule has 22 heavy (non-hydrogen) atoms. The average Bonchev–Trinajstić information content (AvgIpc) is 2.49. The lowest BCUT2D eigenvalue weighted by Crippen LogP contribution is -2.18. The molecule has 6 nitrogen and oxygen atoms in total. The van der Waals surface area contributed by atoms with Crippen molar-refractivity contribution in [3.8, 4) is 0 Å². The van der Waals surface area contributed by atoms with Gasteiger partial charge < -0.3 is 5.32 Å². The van der Waals surface area contributed by atoms with Crippen LogP contribution in [-0.2, 0) is 9.84 Å². The zero-order valence-corrected chi connectivity index (χ0v) is 14.4.